The lowest BCUT2D eigenvalue weighted by atomic mass is 9.99. The number of nitrogens with zero attached hydrogens (tertiary/aromatic N) is 1. The third-order valence-corrected chi connectivity index (χ3v) is 4.37. The number of rotatable bonds is 7. The molecular weight excluding hydrogens is 244 g/mol. The van der Waals surface area contributed by atoms with Crippen molar-refractivity contribution in [2.75, 3.05) is 13.7 Å². The number of methoxy groups -OCH3 is 1. The van der Waals surface area contributed by atoms with E-state index in [1.165, 1.54) is 15.6 Å². The van der Waals surface area contributed by atoms with Gasteiger partial charge in [0.15, 0.2) is 0 Å². The summed E-state index contributed by atoms with van der Waals surface area (Å²) in [7, 11) is 1.77. The minimum atomic E-state index is -0.126. The number of ether oxygens (including phenoxy) is 1. The molecule has 0 aromatic carbocycles. The number of thiazole rings is 1. The van der Waals surface area contributed by atoms with Gasteiger partial charge in [-0.25, -0.2) is 4.98 Å². The van der Waals surface area contributed by atoms with Crippen LogP contribution in [-0.4, -0.2) is 24.2 Å². The average molecular weight is 270 g/mol. The second-order valence-electron chi connectivity index (χ2n) is 5.19. The number of hydrogen-bond donors (Lipinski definition) is 1. The molecule has 0 saturated carbocycles. The quantitative estimate of drug-likeness (QED) is 0.823. The van der Waals surface area contributed by atoms with E-state index in [0.29, 0.717) is 0 Å². The standard InChI is InChI=1S/C14H26N2OS/c1-7-11-10(3)18-13(16-11)12(15-8-2)9-14(4,5)17-6/h12,15H,7-9H2,1-6H3. The van der Waals surface area contributed by atoms with Gasteiger partial charge >= 0.3 is 0 Å². The molecule has 1 aromatic heterocycles. The van der Waals surface area contributed by atoms with Crippen LogP contribution in [0, 0.1) is 6.92 Å². The van der Waals surface area contributed by atoms with Crippen LogP contribution < -0.4 is 5.32 Å². The number of hydrogen-bond acceptors (Lipinski definition) is 4. The maximum atomic E-state index is 5.54. The van der Waals surface area contributed by atoms with E-state index < -0.39 is 0 Å². The van der Waals surface area contributed by atoms with E-state index in [2.05, 4.69) is 39.9 Å². The van der Waals surface area contributed by atoms with Gasteiger partial charge in [-0.15, -0.1) is 11.3 Å². The third kappa shape index (κ3) is 4.04. The molecule has 0 aliphatic rings. The van der Waals surface area contributed by atoms with Gasteiger partial charge in [0.25, 0.3) is 0 Å². The van der Waals surface area contributed by atoms with Gasteiger partial charge in [-0.2, -0.15) is 0 Å². The number of nitrogens with one attached hydrogen (secondary N) is 1. The zero-order chi connectivity index (χ0) is 13.8. The molecule has 0 fully saturated rings. The molecule has 1 aromatic rings. The third-order valence-electron chi connectivity index (χ3n) is 3.24. The van der Waals surface area contributed by atoms with E-state index in [1.54, 1.807) is 7.11 Å². The van der Waals surface area contributed by atoms with Gasteiger partial charge in [0, 0.05) is 12.0 Å². The van der Waals surface area contributed by atoms with Gasteiger partial charge in [-0.3, -0.25) is 0 Å². The number of aromatic nitrogens is 1. The first-order valence-electron chi connectivity index (χ1n) is 6.68. The zero-order valence-corrected chi connectivity index (χ0v) is 13.3. The second kappa shape index (κ2) is 6.64. The summed E-state index contributed by atoms with van der Waals surface area (Å²) in [5, 5.41) is 4.71. The predicted molar refractivity (Wildman–Crippen MR) is 78.4 cm³/mol. The summed E-state index contributed by atoms with van der Waals surface area (Å²) in [4.78, 5) is 6.10. The van der Waals surface area contributed by atoms with E-state index in [9.17, 15) is 0 Å². The van der Waals surface area contributed by atoms with Crippen LogP contribution in [0.25, 0.3) is 0 Å². The monoisotopic (exact) mass is 270 g/mol. The summed E-state index contributed by atoms with van der Waals surface area (Å²) in [5.41, 5.74) is 1.10. The van der Waals surface area contributed by atoms with Crippen molar-refractivity contribution < 1.29 is 4.74 Å². The Morgan fingerprint density at radius 3 is 2.50 bits per heavy atom. The van der Waals surface area contributed by atoms with Crippen LogP contribution in [0.3, 0.4) is 0 Å². The van der Waals surface area contributed by atoms with Gasteiger partial charge in [-0.1, -0.05) is 13.8 Å². The summed E-state index contributed by atoms with van der Waals surface area (Å²) >= 11 is 1.81. The fraction of sp³-hybridized carbons (Fsp3) is 0.786. The first-order valence-corrected chi connectivity index (χ1v) is 7.49. The fourth-order valence-corrected chi connectivity index (χ4v) is 3.08. The molecule has 0 radical (unpaired) electrons. The maximum Gasteiger partial charge on any atom is 0.110 e. The highest BCUT2D eigenvalue weighted by Crippen LogP contribution is 2.30. The van der Waals surface area contributed by atoms with Crippen LogP contribution in [0.2, 0.25) is 0 Å². The van der Waals surface area contributed by atoms with Crippen molar-refractivity contribution in [3.05, 3.63) is 15.6 Å². The van der Waals surface area contributed by atoms with Crippen molar-refractivity contribution in [1.29, 1.82) is 0 Å². The predicted octanol–water partition coefficient (Wildman–Crippen LogP) is 3.48. The van der Waals surface area contributed by atoms with Crippen molar-refractivity contribution >= 4 is 11.3 Å². The van der Waals surface area contributed by atoms with Crippen LogP contribution in [0.15, 0.2) is 0 Å². The molecule has 18 heavy (non-hydrogen) atoms. The molecule has 104 valence electrons. The molecule has 4 heteroatoms. The van der Waals surface area contributed by atoms with Crippen molar-refractivity contribution in [3.8, 4) is 0 Å². The molecule has 1 atom stereocenters. The molecule has 0 amide bonds. The minimum absolute atomic E-state index is 0.126. The molecule has 3 nitrogen and oxygen atoms in total. The van der Waals surface area contributed by atoms with E-state index in [0.717, 1.165) is 19.4 Å². The molecule has 1 heterocycles. The Balaban J connectivity index is 2.89. The Bertz CT molecular complexity index is 374. The van der Waals surface area contributed by atoms with Crippen LogP contribution >= 0.6 is 11.3 Å². The average Bonchev–Trinajstić information content (AvgIpc) is 2.70. The summed E-state index contributed by atoms with van der Waals surface area (Å²) in [6, 6.07) is 0.286. The van der Waals surface area contributed by atoms with E-state index in [1.807, 2.05) is 11.3 Å². The molecule has 0 aliphatic heterocycles. The van der Waals surface area contributed by atoms with E-state index in [-0.39, 0.29) is 11.6 Å². The smallest absolute Gasteiger partial charge is 0.110 e. The van der Waals surface area contributed by atoms with E-state index in [4.69, 9.17) is 9.72 Å². The topological polar surface area (TPSA) is 34.1 Å². The molecule has 1 unspecified atom stereocenters. The molecule has 0 bridgehead atoms. The lowest BCUT2D eigenvalue weighted by molar-refractivity contribution is 0.00694. The molecule has 0 aliphatic carbocycles. The van der Waals surface area contributed by atoms with Crippen molar-refractivity contribution in [2.24, 2.45) is 0 Å². The van der Waals surface area contributed by atoms with Gasteiger partial charge in [-0.05, 0) is 40.2 Å². The van der Waals surface area contributed by atoms with Crippen LogP contribution in [-0.2, 0) is 11.2 Å². The van der Waals surface area contributed by atoms with Crippen molar-refractivity contribution in [3.63, 3.8) is 0 Å². The first-order chi connectivity index (χ1) is 8.43. The highest BCUT2D eigenvalue weighted by Gasteiger charge is 2.26. The van der Waals surface area contributed by atoms with Gasteiger partial charge in [0.2, 0.25) is 0 Å². The lowest BCUT2D eigenvalue weighted by Crippen LogP contribution is -2.32. The molecule has 1 N–H and O–H groups in total. The Morgan fingerprint density at radius 2 is 2.06 bits per heavy atom. The summed E-state index contributed by atoms with van der Waals surface area (Å²) < 4.78 is 5.54. The Kier molecular flexibility index (Phi) is 5.76. The van der Waals surface area contributed by atoms with Crippen LogP contribution in [0.4, 0.5) is 0 Å². The van der Waals surface area contributed by atoms with Crippen LogP contribution in [0.1, 0.15) is 55.7 Å². The van der Waals surface area contributed by atoms with Crippen molar-refractivity contribution in [1.82, 2.24) is 10.3 Å². The largest absolute Gasteiger partial charge is 0.379 e. The molecule has 1 rings (SSSR count). The Morgan fingerprint density at radius 1 is 1.39 bits per heavy atom. The van der Waals surface area contributed by atoms with Crippen LogP contribution in [0.5, 0.6) is 0 Å². The summed E-state index contributed by atoms with van der Waals surface area (Å²) in [6.45, 7) is 11.6. The Labute approximate surface area is 115 Å². The van der Waals surface area contributed by atoms with Gasteiger partial charge in [0.1, 0.15) is 5.01 Å². The normalized spacial score (nSPS) is 13.9. The number of aryl methyl sites for hydroxylation is 2. The zero-order valence-electron chi connectivity index (χ0n) is 12.5. The highest BCUT2D eigenvalue weighted by molar-refractivity contribution is 7.11. The minimum Gasteiger partial charge on any atom is -0.379 e. The SMILES string of the molecule is CCNC(CC(C)(C)OC)c1nc(CC)c(C)s1. The molecular formula is C14H26N2OS. The highest BCUT2D eigenvalue weighted by atomic mass is 32.1. The van der Waals surface area contributed by atoms with Gasteiger partial charge in [0.05, 0.1) is 17.3 Å². The Hall–Kier alpha value is -0.450. The van der Waals surface area contributed by atoms with Gasteiger partial charge < -0.3 is 10.1 Å². The maximum absolute atomic E-state index is 5.54. The molecule has 0 saturated heterocycles. The lowest BCUT2D eigenvalue weighted by Gasteiger charge is -2.28. The first kappa shape index (κ1) is 15.6. The summed E-state index contributed by atoms with van der Waals surface area (Å²) in [5.74, 6) is 0. The van der Waals surface area contributed by atoms with Crippen molar-refractivity contribution in [2.45, 2.75) is 59.1 Å². The second-order valence-corrected chi connectivity index (χ2v) is 6.42. The molecule has 0 spiro atoms. The summed E-state index contributed by atoms with van der Waals surface area (Å²) in [6.07, 6.45) is 1.95. The fourth-order valence-electron chi connectivity index (χ4n) is 2.00. The van der Waals surface area contributed by atoms with E-state index >= 15 is 0 Å².